The zero-order chi connectivity index (χ0) is 18.1. The number of hydrogen-bond donors (Lipinski definition) is 2. The molecule has 0 unspecified atom stereocenters. The summed E-state index contributed by atoms with van der Waals surface area (Å²) in [6.45, 7) is 4.65. The fraction of sp³-hybridized carbons (Fsp3) is 0.158. The topological polar surface area (TPSA) is 62.2 Å². The van der Waals surface area contributed by atoms with Gasteiger partial charge in [0, 0.05) is 22.5 Å². The number of nitrogens with one attached hydrogen (secondary N) is 1. The lowest BCUT2D eigenvalue weighted by Crippen LogP contribution is -2.04. The van der Waals surface area contributed by atoms with Crippen LogP contribution in [0.25, 0.3) is 22.2 Å². The third kappa shape index (κ3) is 3.41. The third-order valence-electron chi connectivity index (χ3n) is 3.92. The molecule has 4 nitrogen and oxygen atoms in total. The van der Waals surface area contributed by atoms with Crippen molar-refractivity contribution in [2.24, 2.45) is 0 Å². The molecule has 0 aliphatic carbocycles. The highest BCUT2D eigenvalue weighted by molar-refractivity contribution is 6.33. The van der Waals surface area contributed by atoms with E-state index in [0.29, 0.717) is 26.8 Å². The number of halogens is 2. The van der Waals surface area contributed by atoms with Crippen molar-refractivity contribution >= 4 is 45.8 Å². The number of aryl methyl sites for hydroxylation is 1. The average molecular weight is 375 g/mol. The van der Waals surface area contributed by atoms with Gasteiger partial charge in [-0.25, -0.2) is 9.78 Å². The summed E-state index contributed by atoms with van der Waals surface area (Å²) in [4.78, 5) is 16.3. The van der Waals surface area contributed by atoms with Crippen LogP contribution in [-0.2, 0) is 0 Å². The minimum atomic E-state index is -1.04. The Kier molecular flexibility index (Phi) is 4.84. The second-order valence-electron chi connectivity index (χ2n) is 5.71. The quantitative estimate of drug-likeness (QED) is 0.619. The van der Waals surface area contributed by atoms with Crippen molar-refractivity contribution in [1.82, 2.24) is 4.98 Å². The van der Waals surface area contributed by atoms with Crippen molar-refractivity contribution in [2.45, 2.75) is 13.8 Å². The number of pyridine rings is 1. The van der Waals surface area contributed by atoms with Crippen molar-refractivity contribution in [3.63, 3.8) is 0 Å². The second kappa shape index (κ2) is 6.90. The monoisotopic (exact) mass is 374 g/mol. The summed E-state index contributed by atoms with van der Waals surface area (Å²) >= 11 is 12.4. The third-order valence-corrected chi connectivity index (χ3v) is 4.46. The van der Waals surface area contributed by atoms with Gasteiger partial charge in [-0.3, -0.25) is 0 Å². The van der Waals surface area contributed by atoms with Crippen molar-refractivity contribution < 1.29 is 9.90 Å². The van der Waals surface area contributed by atoms with Crippen LogP contribution in [-0.4, -0.2) is 22.6 Å². The van der Waals surface area contributed by atoms with Crippen LogP contribution in [0.15, 0.2) is 36.4 Å². The highest BCUT2D eigenvalue weighted by Crippen LogP contribution is 2.34. The summed E-state index contributed by atoms with van der Waals surface area (Å²) in [6.07, 6.45) is 0. The summed E-state index contributed by atoms with van der Waals surface area (Å²) in [5, 5.41) is 14.6. The summed E-state index contributed by atoms with van der Waals surface area (Å²) < 4.78 is 0. The fourth-order valence-electron chi connectivity index (χ4n) is 2.80. The van der Waals surface area contributed by atoms with E-state index < -0.39 is 5.97 Å². The molecule has 0 saturated heterocycles. The molecular formula is C19H16Cl2N2O2. The maximum absolute atomic E-state index is 11.7. The molecule has 1 heterocycles. The average Bonchev–Trinajstić information content (AvgIpc) is 2.56. The summed E-state index contributed by atoms with van der Waals surface area (Å²) in [5.41, 5.74) is 3.56. The van der Waals surface area contributed by atoms with Gasteiger partial charge in [0.1, 0.15) is 0 Å². The zero-order valence-electron chi connectivity index (χ0n) is 13.7. The SMILES string of the molecule is CCNc1c(C)cc(-c2nc3cc(Cl)ccc3cc2C(=O)O)cc1Cl. The Morgan fingerprint density at radius 2 is 1.96 bits per heavy atom. The lowest BCUT2D eigenvalue weighted by atomic mass is 10.0. The number of benzene rings is 2. The molecule has 0 aliphatic heterocycles. The normalized spacial score (nSPS) is 10.9. The number of carbonyl (C=O) groups is 1. The minimum absolute atomic E-state index is 0.126. The Hall–Kier alpha value is -2.30. The molecule has 2 aromatic carbocycles. The number of fused-ring (bicyclic) bond motifs is 1. The Balaban J connectivity index is 2.26. The predicted octanol–water partition coefficient (Wildman–Crippen LogP) is 5.65. The molecule has 0 saturated carbocycles. The largest absolute Gasteiger partial charge is 0.478 e. The summed E-state index contributed by atoms with van der Waals surface area (Å²) in [7, 11) is 0. The van der Waals surface area contributed by atoms with Gasteiger partial charge in [0.2, 0.25) is 0 Å². The zero-order valence-corrected chi connectivity index (χ0v) is 15.2. The first kappa shape index (κ1) is 17.5. The van der Waals surface area contributed by atoms with Crippen LogP contribution in [0.2, 0.25) is 10.0 Å². The Morgan fingerprint density at radius 3 is 2.60 bits per heavy atom. The van der Waals surface area contributed by atoms with Gasteiger partial charge >= 0.3 is 5.97 Å². The van der Waals surface area contributed by atoms with Gasteiger partial charge < -0.3 is 10.4 Å². The van der Waals surface area contributed by atoms with Gasteiger partial charge in [0.05, 0.1) is 27.5 Å². The summed E-state index contributed by atoms with van der Waals surface area (Å²) in [5.74, 6) is -1.04. The molecule has 3 aromatic rings. The van der Waals surface area contributed by atoms with E-state index in [-0.39, 0.29) is 5.56 Å². The molecule has 0 spiro atoms. The molecule has 0 bridgehead atoms. The lowest BCUT2D eigenvalue weighted by molar-refractivity contribution is 0.0697. The number of nitrogens with zero attached hydrogens (tertiary/aromatic N) is 1. The molecule has 0 radical (unpaired) electrons. The van der Waals surface area contributed by atoms with Gasteiger partial charge in [-0.05, 0) is 49.7 Å². The standard InChI is InChI=1S/C19H16Cl2N2O2/c1-3-22-17-10(2)6-12(8-15(17)21)18-14(19(24)25)7-11-4-5-13(20)9-16(11)23-18/h4-9,22H,3H2,1-2H3,(H,24,25). The fourth-order valence-corrected chi connectivity index (χ4v) is 3.30. The first-order valence-electron chi connectivity index (χ1n) is 7.78. The van der Waals surface area contributed by atoms with Gasteiger partial charge in [-0.2, -0.15) is 0 Å². The van der Waals surface area contributed by atoms with Crippen molar-refractivity contribution in [3.05, 3.63) is 57.6 Å². The lowest BCUT2D eigenvalue weighted by Gasteiger charge is -2.14. The van der Waals surface area contributed by atoms with E-state index in [9.17, 15) is 9.90 Å². The Bertz CT molecular complexity index is 964. The molecule has 0 aliphatic rings. The number of carboxylic acids is 1. The first-order valence-corrected chi connectivity index (χ1v) is 8.54. The van der Waals surface area contributed by atoms with E-state index in [1.54, 1.807) is 30.3 Å². The Morgan fingerprint density at radius 1 is 1.20 bits per heavy atom. The van der Waals surface area contributed by atoms with Crippen LogP contribution >= 0.6 is 23.2 Å². The van der Waals surface area contributed by atoms with Crippen LogP contribution < -0.4 is 5.32 Å². The van der Waals surface area contributed by atoms with E-state index in [1.807, 2.05) is 19.9 Å². The van der Waals surface area contributed by atoms with E-state index in [0.717, 1.165) is 23.2 Å². The molecule has 0 amide bonds. The summed E-state index contributed by atoms with van der Waals surface area (Å²) in [6, 6.07) is 10.4. The molecule has 128 valence electrons. The minimum Gasteiger partial charge on any atom is -0.478 e. The molecule has 0 atom stereocenters. The number of hydrogen-bond acceptors (Lipinski definition) is 3. The number of rotatable bonds is 4. The van der Waals surface area contributed by atoms with Crippen molar-refractivity contribution in [1.29, 1.82) is 0 Å². The van der Waals surface area contributed by atoms with Crippen LogP contribution in [0.4, 0.5) is 5.69 Å². The molecule has 3 rings (SSSR count). The molecule has 6 heteroatoms. The van der Waals surface area contributed by atoms with Crippen molar-refractivity contribution in [2.75, 3.05) is 11.9 Å². The number of anilines is 1. The van der Waals surface area contributed by atoms with Gasteiger partial charge in [0.25, 0.3) is 0 Å². The van der Waals surface area contributed by atoms with Gasteiger partial charge in [-0.15, -0.1) is 0 Å². The van der Waals surface area contributed by atoms with Gasteiger partial charge in [-0.1, -0.05) is 29.3 Å². The van der Waals surface area contributed by atoms with Crippen LogP contribution in [0.1, 0.15) is 22.8 Å². The molecule has 0 fully saturated rings. The molecule has 1 aromatic heterocycles. The molecule has 2 N–H and O–H groups in total. The highest BCUT2D eigenvalue weighted by Gasteiger charge is 2.17. The van der Waals surface area contributed by atoms with Crippen LogP contribution in [0.3, 0.4) is 0 Å². The van der Waals surface area contributed by atoms with E-state index in [1.165, 1.54) is 0 Å². The van der Waals surface area contributed by atoms with Gasteiger partial charge in [0.15, 0.2) is 0 Å². The van der Waals surface area contributed by atoms with E-state index in [4.69, 9.17) is 23.2 Å². The second-order valence-corrected chi connectivity index (χ2v) is 6.55. The van der Waals surface area contributed by atoms with Crippen molar-refractivity contribution in [3.8, 4) is 11.3 Å². The number of aromatic nitrogens is 1. The Labute approximate surface area is 155 Å². The number of aromatic carboxylic acids is 1. The molecular weight excluding hydrogens is 359 g/mol. The molecule has 25 heavy (non-hydrogen) atoms. The smallest absolute Gasteiger partial charge is 0.337 e. The highest BCUT2D eigenvalue weighted by atomic mass is 35.5. The van der Waals surface area contributed by atoms with Crippen LogP contribution in [0, 0.1) is 6.92 Å². The van der Waals surface area contributed by atoms with E-state index in [2.05, 4.69) is 10.3 Å². The predicted molar refractivity (Wildman–Crippen MR) is 103 cm³/mol. The maximum atomic E-state index is 11.7. The first-order chi connectivity index (χ1) is 11.9. The van der Waals surface area contributed by atoms with Crippen LogP contribution in [0.5, 0.6) is 0 Å². The maximum Gasteiger partial charge on any atom is 0.337 e. The number of carboxylic acid groups (broad SMARTS) is 1. The van der Waals surface area contributed by atoms with E-state index >= 15 is 0 Å².